The van der Waals surface area contributed by atoms with Crippen molar-refractivity contribution in [2.24, 2.45) is 0 Å². The van der Waals surface area contributed by atoms with Crippen LogP contribution in [0.15, 0.2) is 22.7 Å². The first kappa shape index (κ1) is 12.4. The van der Waals surface area contributed by atoms with E-state index in [-0.39, 0.29) is 11.3 Å². The summed E-state index contributed by atoms with van der Waals surface area (Å²) in [5.41, 5.74) is 6.77. The maximum atomic E-state index is 11.8. The van der Waals surface area contributed by atoms with Gasteiger partial charge < -0.3 is 11.1 Å². The van der Waals surface area contributed by atoms with E-state index in [2.05, 4.69) is 21.2 Å². The average molecular weight is 289 g/mol. The first-order chi connectivity index (χ1) is 7.06. The zero-order valence-corrected chi connectivity index (χ0v) is 11.0. The minimum Gasteiger partial charge on any atom is -0.397 e. The van der Waals surface area contributed by atoms with E-state index in [9.17, 15) is 4.79 Å². The second-order valence-electron chi connectivity index (χ2n) is 3.05. The predicted octanol–water partition coefficient (Wildman–Crippen LogP) is 2.47. The van der Waals surface area contributed by atoms with Crippen molar-refractivity contribution < 1.29 is 4.79 Å². The quantitative estimate of drug-likeness (QED) is 0.664. The molecule has 5 heteroatoms. The number of nitrogens with two attached hydrogens (primary N) is 1. The Balaban J connectivity index is 2.87. The first-order valence-corrected chi connectivity index (χ1v) is 6.52. The van der Waals surface area contributed by atoms with Gasteiger partial charge in [-0.3, -0.25) is 4.79 Å². The smallest absolute Gasteiger partial charge is 0.254 e. The third-order valence-corrected chi connectivity index (χ3v) is 3.50. The molecule has 0 aliphatic heterocycles. The van der Waals surface area contributed by atoms with Gasteiger partial charge in [-0.2, -0.15) is 0 Å². The molecule has 1 aromatic carbocycles. The molecular formula is C10H13BrN2OS. The third-order valence-electron chi connectivity index (χ3n) is 1.99. The molecule has 0 aliphatic rings. The molecule has 0 saturated heterocycles. The van der Waals surface area contributed by atoms with Crippen LogP contribution in [0.1, 0.15) is 17.3 Å². The molecule has 1 aromatic rings. The average Bonchev–Trinajstić information content (AvgIpc) is 2.21. The highest BCUT2D eigenvalue weighted by atomic mass is 79.9. The Morgan fingerprint density at radius 3 is 2.87 bits per heavy atom. The standard InChI is InChI=1S/C10H13BrN2OS/c1-6(15-2)13-10(14)7-4-3-5-8(11)9(7)12/h3-6H,12H2,1-2H3,(H,13,14). The van der Waals surface area contributed by atoms with Crippen molar-refractivity contribution in [3.8, 4) is 0 Å². The van der Waals surface area contributed by atoms with Gasteiger partial charge in [0.25, 0.3) is 5.91 Å². The van der Waals surface area contributed by atoms with Crippen LogP contribution in [0.4, 0.5) is 5.69 Å². The highest BCUT2D eigenvalue weighted by Gasteiger charge is 2.12. The third kappa shape index (κ3) is 3.14. The summed E-state index contributed by atoms with van der Waals surface area (Å²) in [5.74, 6) is -0.143. The number of rotatable bonds is 3. The molecule has 3 N–H and O–H groups in total. The van der Waals surface area contributed by atoms with Crippen molar-refractivity contribution in [2.75, 3.05) is 12.0 Å². The number of nitrogen functional groups attached to an aromatic ring is 1. The fraction of sp³-hybridized carbons (Fsp3) is 0.300. The van der Waals surface area contributed by atoms with Crippen LogP contribution in [0, 0.1) is 0 Å². The van der Waals surface area contributed by atoms with Gasteiger partial charge in [0.2, 0.25) is 0 Å². The van der Waals surface area contributed by atoms with Crippen molar-refractivity contribution in [1.82, 2.24) is 5.32 Å². The molecule has 15 heavy (non-hydrogen) atoms. The van der Waals surface area contributed by atoms with Gasteiger partial charge in [0.05, 0.1) is 16.6 Å². The number of nitrogens with one attached hydrogen (secondary N) is 1. The Bertz CT molecular complexity index is 370. The molecule has 0 radical (unpaired) electrons. The number of carbonyl (C=O) groups is 1. The van der Waals surface area contributed by atoms with Crippen LogP contribution >= 0.6 is 27.7 Å². The van der Waals surface area contributed by atoms with Gasteiger partial charge in [0.15, 0.2) is 0 Å². The number of hydrogen-bond acceptors (Lipinski definition) is 3. The van der Waals surface area contributed by atoms with Gasteiger partial charge in [-0.25, -0.2) is 0 Å². The number of para-hydroxylation sites is 1. The number of halogens is 1. The van der Waals surface area contributed by atoms with Crippen molar-refractivity contribution >= 4 is 39.3 Å². The Labute approximate surface area is 102 Å². The Morgan fingerprint density at radius 2 is 2.27 bits per heavy atom. The van der Waals surface area contributed by atoms with Gasteiger partial charge in [-0.15, -0.1) is 11.8 Å². The molecule has 3 nitrogen and oxygen atoms in total. The fourth-order valence-corrected chi connectivity index (χ4v) is 1.65. The lowest BCUT2D eigenvalue weighted by molar-refractivity contribution is 0.0952. The van der Waals surface area contributed by atoms with Gasteiger partial charge >= 0.3 is 0 Å². The normalized spacial score (nSPS) is 12.2. The molecule has 1 amide bonds. The molecule has 1 rings (SSSR count). The van der Waals surface area contributed by atoms with Gasteiger partial charge in [-0.05, 0) is 41.2 Å². The highest BCUT2D eigenvalue weighted by molar-refractivity contribution is 9.10. The van der Waals surface area contributed by atoms with Crippen molar-refractivity contribution in [3.05, 3.63) is 28.2 Å². The van der Waals surface area contributed by atoms with Crippen LogP contribution in [0.2, 0.25) is 0 Å². The molecule has 0 spiro atoms. The topological polar surface area (TPSA) is 55.1 Å². The van der Waals surface area contributed by atoms with E-state index in [4.69, 9.17) is 5.73 Å². The van der Waals surface area contributed by atoms with E-state index in [0.717, 1.165) is 4.47 Å². The van der Waals surface area contributed by atoms with Gasteiger partial charge in [0.1, 0.15) is 0 Å². The highest BCUT2D eigenvalue weighted by Crippen LogP contribution is 2.23. The van der Waals surface area contributed by atoms with E-state index < -0.39 is 0 Å². The van der Waals surface area contributed by atoms with E-state index in [1.54, 1.807) is 23.9 Å². The van der Waals surface area contributed by atoms with Crippen molar-refractivity contribution in [2.45, 2.75) is 12.3 Å². The number of thioether (sulfide) groups is 1. The summed E-state index contributed by atoms with van der Waals surface area (Å²) in [6.45, 7) is 1.93. The van der Waals surface area contributed by atoms with E-state index in [1.165, 1.54) is 0 Å². The van der Waals surface area contributed by atoms with Crippen molar-refractivity contribution in [3.63, 3.8) is 0 Å². The van der Waals surface area contributed by atoms with Crippen LogP contribution < -0.4 is 11.1 Å². The monoisotopic (exact) mass is 288 g/mol. The van der Waals surface area contributed by atoms with Crippen LogP contribution in [0.3, 0.4) is 0 Å². The summed E-state index contributed by atoms with van der Waals surface area (Å²) in [5, 5.41) is 2.92. The molecule has 0 bridgehead atoms. The minimum absolute atomic E-state index is 0.0795. The van der Waals surface area contributed by atoms with Crippen LogP contribution in [-0.4, -0.2) is 17.5 Å². The maximum absolute atomic E-state index is 11.8. The number of hydrogen-bond donors (Lipinski definition) is 2. The number of carbonyl (C=O) groups excluding carboxylic acids is 1. The number of anilines is 1. The Kier molecular flexibility index (Phi) is 4.47. The van der Waals surface area contributed by atoms with E-state index in [0.29, 0.717) is 11.3 Å². The molecule has 1 atom stereocenters. The summed E-state index contributed by atoms with van der Waals surface area (Å²) in [7, 11) is 0. The zero-order valence-electron chi connectivity index (χ0n) is 8.58. The molecule has 82 valence electrons. The summed E-state index contributed by atoms with van der Waals surface area (Å²) >= 11 is 4.86. The minimum atomic E-state index is -0.143. The first-order valence-electron chi connectivity index (χ1n) is 4.44. The Hall–Kier alpha value is -0.680. The SMILES string of the molecule is CSC(C)NC(=O)c1cccc(Br)c1N. The van der Waals surface area contributed by atoms with Gasteiger partial charge in [-0.1, -0.05) is 6.07 Å². The lowest BCUT2D eigenvalue weighted by Gasteiger charge is -2.12. The molecule has 1 unspecified atom stereocenters. The van der Waals surface area contributed by atoms with Crippen LogP contribution in [-0.2, 0) is 0 Å². The fourth-order valence-electron chi connectivity index (χ4n) is 1.06. The lowest BCUT2D eigenvalue weighted by Crippen LogP contribution is -2.30. The number of amides is 1. The maximum Gasteiger partial charge on any atom is 0.254 e. The summed E-state index contributed by atoms with van der Waals surface area (Å²) in [4.78, 5) is 11.8. The van der Waals surface area contributed by atoms with Crippen LogP contribution in [0.5, 0.6) is 0 Å². The summed E-state index contributed by atoms with van der Waals surface area (Å²) in [6.07, 6.45) is 1.94. The largest absolute Gasteiger partial charge is 0.397 e. The van der Waals surface area contributed by atoms with E-state index >= 15 is 0 Å². The van der Waals surface area contributed by atoms with Gasteiger partial charge in [0, 0.05) is 4.47 Å². The molecule has 0 heterocycles. The molecular weight excluding hydrogens is 276 g/mol. The second kappa shape index (κ2) is 5.42. The van der Waals surface area contributed by atoms with E-state index in [1.807, 2.05) is 19.2 Å². The molecule has 0 fully saturated rings. The molecule has 0 aliphatic carbocycles. The Morgan fingerprint density at radius 1 is 1.60 bits per heavy atom. The summed E-state index contributed by atoms with van der Waals surface area (Å²) in [6, 6.07) is 5.31. The zero-order chi connectivity index (χ0) is 11.4. The predicted molar refractivity (Wildman–Crippen MR) is 69.0 cm³/mol. The molecule has 0 saturated carbocycles. The number of benzene rings is 1. The lowest BCUT2D eigenvalue weighted by atomic mass is 10.1. The van der Waals surface area contributed by atoms with Crippen LogP contribution in [0.25, 0.3) is 0 Å². The summed E-state index contributed by atoms with van der Waals surface area (Å²) < 4.78 is 0.743. The van der Waals surface area contributed by atoms with Crippen molar-refractivity contribution in [1.29, 1.82) is 0 Å². The molecule has 0 aromatic heterocycles. The second-order valence-corrected chi connectivity index (χ2v) is 5.09.